The molecule has 40 nitrogen and oxygen atoms in total. The molecule has 6 aromatic rings. The Balaban J connectivity index is 1.19. The van der Waals surface area contributed by atoms with Gasteiger partial charge in [-0.3, -0.25) is 86.9 Å². The summed E-state index contributed by atoms with van der Waals surface area (Å²) >= 11 is 0.805. The number of Topliss-reactive ketones (excluding diaryl/α,β-unsaturated/α-hetero) is 2. The van der Waals surface area contributed by atoms with Gasteiger partial charge in [-0.05, 0) is 92.0 Å². The molecule has 8 rings (SSSR count). The fourth-order valence-corrected chi connectivity index (χ4v) is 17.8. The van der Waals surface area contributed by atoms with Crippen molar-refractivity contribution in [1.29, 1.82) is 5.41 Å². The standard InChI is InChI=1S/C93H132N22O18S/c1-11-13-31-73-85(126)105-66(30-22-34-99-93(96)97)83(124)110-72(82(123)102-47-78(95)120)50-134-51-79(121)104-69(37-55-24-16-15-17-25-55)90(131)114(10)80(54(5)6)87(128)109-71(43-77(94)119)91(132)115-35-23-33-74(115)86(127)106-67(42-60-46-98-52-103-60)84(125)108-68(36-53(3)4)88(129)111(7)48-61(117)39-56(38-57-44-100-64-28-20-18-26-62(57)64)76(118)41-59(49-116)81(122)107-70(40-58-45-101-65-29-21-19-27-63(58)65)89(130)113(9)75(32-14-12-2)92(133)112(73)8/h15-21,24-29,44-46,52-54,56,59,66-75,80,100-101,116H,11-14,22-23,30-43,47-51H2,1-10H3,(H2,94,119)(H2,95,120)(H,98,103)(H,102,123)(H,104,121)(H,105,126)(H,106,127)(H,107,122)(H,108,125)(H,109,128)(H,110,124)(H4,96,97,99)/t56-,59+,66+,67+,68+,69+,70+,71+,72+,73+,74+,75+,80+/m1/s1. The summed E-state index contributed by atoms with van der Waals surface area (Å²) in [5, 5.41) is 44.7. The molecule has 2 fully saturated rings. The second kappa shape index (κ2) is 51.8. The number of primary amides is 2. The van der Waals surface area contributed by atoms with E-state index >= 15 is 33.6 Å². The first-order valence-electron chi connectivity index (χ1n) is 45.6. The number of imidazole rings is 1. The third kappa shape index (κ3) is 30.7. The van der Waals surface area contributed by atoms with Crippen LogP contribution in [0.5, 0.6) is 0 Å². The molecule has 0 radical (unpaired) electrons. The highest BCUT2D eigenvalue weighted by Crippen LogP contribution is 2.29. The van der Waals surface area contributed by atoms with Gasteiger partial charge in [0, 0.05) is 131 Å². The van der Waals surface area contributed by atoms with Crippen LogP contribution in [0.25, 0.3) is 21.8 Å². The molecule has 15 amide bonds. The Morgan fingerprint density at radius 2 is 1.14 bits per heavy atom. The van der Waals surface area contributed by atoms with Gasteiger partial charge in [0.1, 0.15) is 72.2 Å². The minimum absolute atomic E-state index is 0.00434. The maximum absolute atomic E-state index is 15.7. The number of fused-ring (bicyclic) bond motifs is 3. The average molecular weight is 1880 g/mol. The Hall–Kier alpha value is -13.1. The molecule has 13 atom stereocenters. The van der Waals surface area contributed by atoms with Crippen LogP contribution in [0, 0.1) is 29.1 Å². The van der Waals surface area contributed by atoms with Crippen molar-refractivity contribution in [2.75, 3.05) is 72.5 Å². The number of aliphatic hydroxyl groups is 1. The monoisotopic (exact) mass is 1880 g/mol. The molecule has 3 aromatic heterocycles. The zero-order chi connectivity index (χ0) is 98.2. The average Bonchev–Trinajstić information content (AvgIpc) is 1.56. The van der Waals surface area contributed by atoms with Crippen LogP contribution in [0.3, 0.4) is 0 Å². The summed E-state index contributed by atoms with van der Waals surface area (Å²) in [6, 6.07) is 6.78. The summed E-state index contributed by atoms with van der Waals surface area (Å²) in [7, 11) is 5.40. The smallest absolute Gasteiger partial charge is 0.246 e. The number of aliphatic hydroxyl groups excluding tert-OH is 1. The molecule has 2 aliphatic rings. The highest BCUT2D eigenvalue weighted by atomic mass is 32.2. The molecule has 2 aliphatic heterocycles. The molecule has 728 valence electrons. The van der Waals surface area contributed by atoms with E-state index in [0.717, 1.165) is 26.5 Å². The maximum Gasteiger partial charge on any atom is 0.246 e. The lowest BCUT2D eigenvalue weighted by atomic mass is 9.85. The largest absolute Gasteiger partial charge is 0.396 e. The van der Waals surface area contributed by atoms with E-state index in [2.05, 4.69) is 67.8 Å². The van der Waals surface area contributed by atoms with E-state index in [0.29, 0.717) is 69.9 Å². The van der Waals surface area contributed by atoms with Crippen LogP contribution in [-0.2, 0) is 107 Å². The van der Waals surface area contributed by atoms with E-state index in [1.165, 1.54) is 50.5 Å². The number of hydrogen-bond acceptors (Lipinski definition) is 21. The number of amides is 15. The van der Waals surface area contributed by atoms with Crippen molar-refractivity contribution in [3.05, 3.63) is 126 Å². The fraction of sp³-hybridized carbons (Fsp3) is 0.538. The lowest BCUT2D eigenvalue weighted by molar-refractivity contribution is -0.149. The lowest BCUT2D eigenvalue weighted by Gasteiger charge is -2.36. The SMILES string of the molecule is CCCC[C@H]1C(=O)N(C)[C@@H](CCCC)C(=O)N[C@@H](CCCNC(=N)N)C(=O)N[C@H](C(=O)NCC(N)=O)CSCC(=O)N[C@@H](Cc2ccccc2)C(=O)N(C)[C@@H](C(C)C)C(=O)N[C@@H](CC(N)=O)C(=O)N2CCC[C@H]2C(=O)N[C@@H](Cc2cnc[nH]2)C(=O)N[C@@H](CC(C)C)C(=O)N(C)CC(=O)C[C@@H](Cc2c[nH]c3ccccc23)C(=O)C[C@@H](CO)C(=O)N[C@@H](Cc2c[nH]c3ccccc23)C(=O)N1C. The number of unbranched alkanes of at least 4 members (excludes halogenated alkanes) is 2. The first-order valence-corrected chi connectivity index (χ1v) is 46.7. The zero-order valence-corrected chi connectivity index (χ0v) is 78.7. The van der Waals surface area contributed by atoms with E-state index in [1.807, 2.05) is 26.0 Å². The molecular formula is C93H132N22O18S. The highest BCUT2D eigenvalue weighted by molar-refractivity contribution is 8.00. The number of carbonyl (C=O) groups is 17. The third-order valence-electron chi connectivity index (χ3n) is 24.1. The van der Waals surface area contributed by atoms with Gasteiger partial charge in [0.25, 0.3) is 0 Å². The lowest BCUT2D eigenvalue weighted by Crippen LogP contribution is -2.61. The van der Waals surface area contributed by atoms with E-state index in [4.69, 9.17) is 22.6 Å². The number of aromatic amines is 3. The molecule has 0 bridgehead atoms. The minimum atomic E-state index is -1.74. The number of hydrogen-bond donors (Lipinski definition) is 17. The number of rotatable bonds is 27. The van der Waals surface area contributed by atoms with Gasteiger partial charge in [-0.1, -0.05) is 134 Å². The molecule has 41 heteroatoms. The summed E-state index contributed by atoms with van der Waals surface area (Å²) < 4.78 is 0. The van der Waals surface area contributed by atoms with Gasteiger partial charge >= 0.3 is 0 Å². The number of aromatic nitrogens is 4. The number of benzene rings is 3. The van der Waals surface area contributed by atoms with Crippen molar-refractivity contribution < 1.29 is 86.6 Å². The maximum atomic E-state index is 15.7. The Kier molecular flexibility index (Phi) is 41.1. The molecule has 20 N–H and O–H groups in total. The van der Waals surface area contributed by atoms with Crippen LogP contribution in [0.15, 0.2) is 104 Å². The number of nitrogens with zero attached hydrogens (tertiary/aromatic N) is 6. The summed E-state index contributed by atoms with van der Waals surface area (Å²) in [4.78, 5) is 270. The van der Waals surface area contributed by atoms with Gasteiger partial charge in [0.15, 0.2) is 11.7 Å². The first kappa shape index (κ1) is 106. The topological polar surface area (TPSA) is 597 Å². The molecular weight excluding hydrogens is 1750 g/mol. The molecule has 0 unspecified atom stereocenters. The Labute approximate surface area is 783 Å². The van der Waals surface area contributed by atoms with Crippen LogP contribution in [-0.4, -0.2) is 295 Å². The van der Waals surface area contributed by atoms with Gasteiger partial charge in [-0.15, -0.1) is 11.8 Å². The van der Waals surface area contributed by atoms with Gasteiger partial charge < -0.3 is 110 Å². The van der Waals surface area contributed by atoms with Crippen molar-refractivity contribution in [2.24, 2.45) is 40.9 Å². The van der Waals surface area contributed by atoms with Crippen LogP contribution in [0.2, 0.25) is 0 Å². The predicted octanol–water partition coefficient (Wildman–Crippen LogP) is 0.679. The summed E-state index contributed by atoms with van der Waals surface area (Å²) in [6.45, 7) is 8.18. The third-order valence-corrected chi connectivity index (χ3v) is 25.1. The van der Waals surface area contributed by atoms with Crippen LogP contribution in [0.4, 0.5) is 0 Å². The van der Waals surface area contributed by atoms with Crippen LogP contribution in [0.1, 0.15) is 154 Å². The number of thioether (sulfide) groups is 1. The zero-order valence-electron chi connectivity index (χ0n) is 77.9. The van der Waals surface area contributed by atoms with Crippen molar-refractivity contribution in [3.8, 4) is 0 Å². The summed E-state index contributed by atoms with van der Waals surface area (Å²) in [5.41, 5.74) is 20.4. The van der Waals surface area contributed by atoms with Crippen molar-refractivity contribution in [2.45, 2.75) is 224 Å². The highest BCUT2D eigenvalue weighted by Gasteiger charge is 2.45. The van der Waals surface area contributed by atoms with Crippen LogP contribution < -0.4 is 65.1 Å². The molecule has 3 aromatic carbocycles. The van der Waals surface area contributed by atoms with Gasteiger partial charge in [-0.2, -0.15) is 0 Å². The van der Waals surface area contributed by atoms with Crippen molar-refractivity contribution in [1.82, 2.24) is 92.3 Å². The summed E-state index contributed by atoms with van der Waals surface area (Å²) in [5.74, 6) is -19.5. The number of nitrogens with two attached hydrogens (primary N) is 3. The molecule has 0 aliphatic carbocycles. The van der Waals surface area contributed by atoms with Crippen LogP contribution >= 0.6 is 11.8 Å². The van der Waals surface area contributed by atoms with E-state index in [1.54, 1.807) is 107 Å². The van der Waals surface area contributed by atoms with Gasteiger partial charge in [-0.25, -0.2) is 4.98 Å². The van der Waals surface area contributed by atoms with Gasteiger partial charge in [0.05, 0.1) is 44.1 Å². The quantitative estimate of drug-likeness (QED) is 0.0191. The molecule has 5 heterocycles. The van der Waals surface area contributed by atoms with Crippen molar-refractivity contribution in [3.63, 3.8) is 0 Å². The Morgan fingerprint density at radius 3 is 1.75 bits per heavy atom. The number of ketones is 2. The second-order valence-corrected chi connectivity index (χ2v) is 36.3. The summed E-state index contributed by atoms with van der Waals surface area (Å²) in [6.07, 6.45) is 5.31. The molecule has 134 heavy (non-hydrogen) atoms. The van der Waals surface area contributed by atoms with Crippen molar-refractivity contribution >= 4 is 140 Å². The molecule has 0 saturated carbocycles. The van der Waals surface area contributed by atoms with E-state index in [-0.39, 0.29) is 89.6 Å². The Morgan fingerprint density at radius 1 is 0.560 bits per heavy atom. The first-order chi connectivity index (χ1) is 63.8. The number of carbonyl (C=O) groups excluding carboxylic acids is 17. The molecule has 0 spiro atoms. The number of nitrogens with one attached hydrogen (secondary N) is 13. The number of likely N-dealkylation sites (N-methyl/N-ethyl adjacent to an activating group) is 4. The van der Waals surface area contributed by atoms with Gasteiger partial charge in [0.2, 0.25) is 88.6 Å². The predicted molar refractivity (Wildman–Crippen MR) is 501 cm³/mol. The fourth-order valence-electron chi connectivity index (χ4n) is 16.9. The number of para-hydroxylation sites is 2. The number of H-pyrrole nitrogens is 3. The number of guanidine groups is 1. The minimum Gasteiger partial charge on any atom is -0.396 e. The normalized spacial score (nSPS) is 23.5. The second-order valence-electron chi connectivity index (χ2n) is 35.3. The Bertz CT molecular complexity index is 5100. The van der Waals surface area contributed by atoms with E-state index in [9.17, 15) is 53.1 Å². The van der Waals surface area contributed by atoms with E-state index < -0.39 is 241 Å². The molecule has 2 saturated heterocycles.